The fourth-order valence-electron chi connectivity index (χ4n) is 2.15. The molecule has 1 heterocycles. The zero-order valence-electron chi connectivity index (χ0n) is 12.7. The summed E-state index contributed by atoms with van der Waals surface area (Å²) in [6, 6.07) is 1.72. The summed E-state index contributed by atoms with van der Waals surface area (Å²) < 4.78 is 5.02. The van der Waals surface area contributed by atoms with Crippen LogP contribution in [-0.4, -0.2) is 22.9 Å². The molecule has 112 valence electrons. The molecule has 0 aliphatic rings. The third kappa shape index (κ3) is 7.22. The smallest absolute Gasteiger partial charge is 0.216 e. The highest BCUT2D eigenvalue weighted by Crippen LogP contribution is 2.11. The maximum atomic E-state index is 11.8. The van der Waals surface area contributed by atoms with E-state index >= 15 is 0 Å². The van der Waals surface area contributed by atoms with Crippen LogP contribution in [-0.2, 0) is 11.2 Å². The number of hydrogen-bond donors (Lipinski definition) is 0. The van der Waals surface area contributed by atoms with E-state index in [4.69, 9.17) is 4.74 Å². The molecule has 0 radical (unpaired) electrons. The zero-order valence-corrected chi connectivity index (χ0v) is 12.7. The van der Waals surface area contributed by atoms with Crippen LogP contribution in [0.15, 0.2) is 12.4 Å². The molecule has 0 saturated carbocycles. The lowest BCUT2D eigenvalue weighted by Gasteiger charge is -2.03. The molecule has 0 fully saturated rings. The van der Waals surface area contributed by atoms with E-state index in [-0.39, 0.29) is 5.78 Å². The van der Waals surface area contributed by atoms with Crippen LogP contribution in [0.3, 0.4) is 0 Å². The van der Waals surface area contributed by atoms with Crippen molar-refractivity contribution in [1.29, 1.82) is 0 Å². The van der Waals surface area contributed by atoms with Crippen molar-refractivity contribution in [2.45, 2.75) is 64.7 Å². The Kier molecular flexibility index (Phi) is 8.59. The summed E-state index contributed by atoms with van der Waals surface area (Å²) in [6.07, 6.45) is 11.1. The third-order valence-corrected chi connectivity index (χ3v) is 3.35. The minimum Gasteiger partial charge on any atom is -0.481 e. The molecule has 4 nitrogen and oxygen atoms in total. The Morgan fingerprint density at radius 1 is 1.10 bits per heavy atom. The monoisotopic (exact) mass is 278 g/mol. The van der Waals surface area contributed by atoms with Gasteiger partial charge in [-0.05, 0) is 6.42 Å². The minimum absolute atomic E-state index is 0.249. The molecule has 0 spiro atoms. The van der Waals surface area contributed by atoms with Crippen LogP contribution in [0.2, 0.25) is 0 Å². The summed E-state index contributed by atoms with van der Waals surface area (Å²) in [5.41, 5.74) is 0.741. The minimum atomic E-state index is 0.249. The summed E-state index contributed by atoms with van der Waals surface area (Å²) in [7, 11) is 1.56. The van der Waals surface area contributed by atoms with Gasteiger partial charge in [0.2, 0.25) is 5.88 Å². The van der Waals surface area contributed by atoms with Crippen LogP contribution in [0.1, 0.15) is 64.0 Å². The van der Waals surface area contributed by atoms with Gasteiger partial charge in [-0.1, -0.05) is 45.4 Å². The summed E-state index contributed by atoms with van der Waals surface area (Å²) >= 11 is 0. The summed E-state index contributed by atoms with van der Waals surface area (Å²) in [5.74, 6) is 0.762. The lowest BCUT2D eigenvalue weighted by molar-refractivity contribution is -0.118. The highest BCUT2D eigenvalue weighted by atomic mass is 16.5. The summed E-state index contributed by atoms with van der Waals surface area (Å²) in [6.45, 7) is 2.22. The first kappa shape index (κ1) is 16.6. The van der Waals surface area contributed by atoms with Crippen LogP contribution in [0.4, 0.5) is 0 Å². The van der Waals surface area contributed by atoms with Gasteiger partial charge in [-0.25, -0.2) is 9.97 Å². The van der Waals surface area contributed by atoms with Gasteiger partial charge in [-0.15, -0.1) is 0 Å². The molecule has 1 aromatic heterocycles. The van der Waals surface area contributed by atoms with E-state index in [1.54, 1.807) is 13.2 Å². The molecule has 0 amide bonds. The summed E-state index contributed by atoms with van der Waals surface area (Å²) in [4.78, 5) is 19.9. The van der Waals surface area contributed by atoms with E-state index in [0.29, 0.717) is 18.7 Å². The number of ether oxygens (including phenoxy) is 1. The van der Waals surface area contributed by atoms with Crippen LogP contribution < -0.4 is 4.74 Å². The van der Waals surface area contributed by atoms with Gasteiger partial charge in [-0.3, -0.25) is 4.79 Å². The number of rotatable bonds is 11. The number of carbonyl (C=O) groups excluding carboxylic acids is 1. The van der Waals surface area contributed by atoms with Gasteiger partial charge < -0.3 is 4.74 Å². The average Bonchev–Trinajstić information content (AvgIpc) is 2.46. The van der Waals surface area contributed by atoms with E-state index < -0.39 is 0 Å². The number of ketones is 1. The predicted molar refractivity (Wildman–Crippen MR) is 79.9 cm³/mol. The Labute approximate surface area is 122 Å². The van der Waals surface area contributed by atoms with Crippen molar-refractivity contribution in [3.63, 3.8) is 0 Å². The average molecular weight is 278 g/mol. The Morgan fingerprint density at radius 2 is 1.80 bits per heavy atom. The first-order valence-electron chi connectivity index (χ1n) is 7.63. The molecule has 4 heteroatoms. The van der Waals surface area contributed by atoms with Crippen LogP contribution in [0, 0.1) is 0 Å². The van der Waals surface area contributed by atoms with Crippen molar-refractivity contribution in [2.24, 2.45) is 0 Å². The number of methoxy groups -OCH3 is 1. The third-order valence-electron chi connectivity index (χ3n) is 3.35. The second kappa shape index (κ2) is 10.4. The van der Waals surface area contributed by atoms with Crippen molar-refractivity contribution in [3.8, 4) is 5.88 Å². The number of hydrogen-bond acceptors (Lipinski definition) is 4. The molecule has 20 heavy (non-hydrogen) atoms. The molecule has 0 N–H and O–H groups in total. The van der Waals surface area contributed by atoms with Gasteiger partial charge in [0.15, 0.2) is 0 Å². The van der Waals surface area contributed by atoms with Crippen LogP contribution >= 0.6 is 0 Å². The van der Waals surface area contributed by atoms with E-state index in [1.807, 2.05) is 0 Å². The molecule has 1 rings (SSSR count). The number of nitrogens with zero attached hydrogens (tertiary/aromatic N) is 2. The van der Waals surface area contributed by atoms with Gasteiger partial charge in [0.25, 0.3) is 0 Å². The van der Waals surface area contributed by atoms with Gasteiger partial charge in [-0.2, -0.15) is 0 Å². The Bertz CT molecular complexity index is 394. The lowest BCUT2D eigenvalue weighted by atomic mass is 10.0. The molecule has 0 unspecified atom stereocenters. The number of unbranched alkanes of at least 4 members (excludes halogenated alkanes) is 6. The lowest BCUT2D eigenvalue weighted by Crippen LogP contribution is -2.05. The highest BCUT2D eigenvalue weighted by Gasteiger charge is 2.06. The SMILES string of the molecule is CCCCCCCCCC(=O)Cc1cc(OC)ncn1. The summed E-state index contributed by atoms with van der Waals surface area (Å²) in [5, 5.41) is 0. The van der Waals surface area contributed by atoms with Gasteiger partial charge in [0, 0.05) is 18.9 Å². The van der Waals surface area contributed by atoms with Crippen LogP contribution in [0.5, 0.6) is 5.88 Å². The quantitative estimate of drug-likeness (QED) is 0.579. The first-order valence-corrected chi connectivity index (χ1v) is 7.63. The number of aromatic nitrogens is 2. The molecule has 0 bridgehead atoms. The van der Waals surface area contributed by atoms with Crippen molar-refractivity contribution in [1.82, 2.24) is 9.97 Å². The topological polar surface area (TPSA) is 52.1 Å². The normalized spacial score (nSPS) is 10.5. The van der Waals surface area contributed by atoms with Crippen molar-refractivity contribution < 1.29 is 9.53 Å². The largest absolute Gasteiger partial charge is 0.481 e. The van der Waals surface area contributed by atoms with Gasteiger partial charge >= 0.3 is 0 Å². The molecular formula is C16H26N2O2. The molecule has 0 saturated heterocycles. The maximum Gasteiger partial charge on any atom is 0.216 e. The molecular weight excluding hydrogens is 252 g/mol. The van der Waals surface area contributed by atoms with E-state index in [2.05, 4.69) is 16.9 Å². The fourth-order valence-corrected chi connectivity index (χ4v) is 2.15. The molecule has 0 atom stereocenters. The van der Waals surface area contributed by atoms with Crippen molar-refractivity contribution >= 4 is 5.78 Å². The molecule has 0 aliphatic heterocycles. The Balaban J connectivity index is 2.13. The van der Waals surface area contributed by atoms with Gasteiger partial charge in [0.1, 0.15) is 12.1 Å². The van der Waals surface area contributed by atoms with Crippen molar-refractivity contribution in [3.05, 3.63) is 18.1 Å². The van der Waals surface area contributed by atoms with Gasteiger partial charge in [0.05, 0.1) is 12.8 Å². The van der Waals surface area contributed by atoms with E-state index in [0.717, 1.165) is 18.5 Å². The van der Waals surface area contributed by atoms with E-state index in [9.17, 15) is 4.79 Å². The molecule has 0 aliphatic carbocycles. The fraction of sp³-hybridized carbons (Fsp3) is 0.688. The standard InChI is InChI=1S/C16H26N2O2/c1-3-4-5-6-7-8-9-10-15(19)11-14-12-16(20-2)18-13-17-14/h12-13H,3-11H2,1-2H3. The highest BCUT2D eigenvalue weighted by molar-refractivity contribution is 5.80. The van der Waals surface area contributed by atoms with E-state index in [1.165, 1.54) is 38.4 Å². The predicted octanol–water partition coefficient (Wildman–Crippen LogP) is 3.74. The molecule has 1 aromatic rings. The Hall–Kier alpha value is -1.45. The maximum absolute atomic E-state index is 11.8. The van der Waals surface area contributed by atoms with Crippen LogP contribution in [0.25, 0.3) is 0 Å². The zero-order chi connectivity index (χ0) is 14.6. The Morgan fingerprint density at radius 3 is 2.50 bits per heavy atom. The molecule has 0 aromatic carbocycles. The second-order valence-electron chi connectivity index (χ2n) is 5.14. The first-order chi connectivity index (χ1) is 9.76. The second-order valence-corrected chi connectivity index (χ2v) is 5.14. The number of carbonyl (C=O) groups is 1. The van der Waals surface area contributed by atoms with Crippen molar-refractivity contribution in [2.75, 3.05) is 7.11 Å². The number of Topliss-reactive ketones (excluding diaryl/α,β-unsaturated/α-hetero) is 1.